The van der Waals surface area contributed by atoms with Crippen LogP contribution in [-0.4, -0.2) is 21.1 Å². The molecule has 2 aromatic rings. The summed E-state index contributed by atoms with van der Waals surface area (Å²) in [6.45, 7) is 6.95. The fraction of sp³-hybridized carbons (Fsp3) is 0.400. The SMILES string of the molecule is CCNc1cc(C)nn2c(C)cnc12. The van der Waals surface area contributed by atoms with Gasteiger partial charge in [-0.3, -0.25) is 0 Å². The van der Waals surface area contributed by atoms with Gasteiger partial charge in [0.05, 0.1) is 23.3 Å². The van der Waals surface area contributed by atoms with Crippen LogP contribution in [0.25, 0.3) is 5.65 Å². The molecule has 0 amide bonds. The smallest absolute Gasteiger partial charge is 0.177 e. The first kappa shape index (κ1) is 8.99. The molecule has 0 aliphatic heterocycles. The van der Waals surface area contributed by atoms with Crippen molar-refractivity contribution in [1.82, 2.24) is 14.6 Å². The van der Waals surface area contributed by atoms with Crippen LogP contribution in [0.3, 0.4) is 0 Å². The number of aromatic nitrogens is 3. The van der Waals surface area contributed by atoms with Crippen LogP contribution in [0.15, 0.2) is 12.3 Å². The lowest BCUT2D eigenvalue weighted by Crippen LogP contribution is -2.03. The molecular formula is C10H14N4. The maximum absolute atomic E-state index is 4.39. The van der Waals surface area contributed by atoms with Crippen molar-refractivity contribution >= 4 is 11.3 Å². The second-order valence-corrected chi connectivity index (χ2v) is 3.36. The summed E-state index contributed by atoms with van der Waals surface area (Å²) >= 11 is 0. The Hall–Kier alpha value is -1.58. The van der Waals surface area contributed by atoms with Gasteiger partial charge in [-0.1, -0.05) is 0 Å². The van der Waals surface area contributed by atoms with Crippen molar-refractivity contribution in [2.75, 3.05) is 11.9 Å². The standard InChI is InChI=1S/C10H14N4/c1-4-11-9-5-7(2)13-14-8(3)6-12-10(9)14/h5-6,11H,4H2,1-3H3. The van der Waals surface area contributed by atoms with Crippen LogP contribution in [0.4, 0.5) is 5.69 Å². The Balaban J connectivity index is 2.68. The first-order valence-corrected chi connectivity index (χ1v) is 4.78. The fourth-order valence-electron chi connectivity index (χ4n) is 1.52. The zero-order chi connectivity index (χ0) is 10.1. The lowest BCUT2D eigenvalue weighted by atomic mass is 10.3. The van der Waals surface area contributed by atoms with E-state index in [0.717, 1.165) is 29.3 Å². The second kappa shape index (κ2) is 3.29. The highest BCUT2D eigenvalue weighted by atomic mass is 15.3. The Bertz CT molecular complexity index is 458. The third-order valence-corrected chi connectivity index (χ3v) is 2.13. The number of nitrogens with one attached hydrogen (secondary N) is 1. The summed E-state index contributed by atoms with van der Waals surface area (Å²) in [5.41, 5.74) is 4.00. The van der Waals surface area contributed by atoms with Crippen molar-refractivity contribution in [3.05, 3.63) is 23.7 Å². The van der Waals surface area contributed by atoms with E-state index in [-0.39, 0.29) is 0 Å². The molecule has 0 aliphatic carbocycles. The molecule has 1 N–H and O–H groups in total. The van der Waals surface area contributed by atoms with Gasteiger partial charge in [0.15, 0.2) is 5.65 Å². The van der Waals surface area contributed by atoms with Gasteiger partial charge in [0.2, 0.25) is 0 Å². The van der Waals surface area contributed by atoms with Gasteiger partial charge in [-0.15, -0.1) is 0 Å². The van der Waals surface area contributed by atoms with Crippen LogP contribution >= 0.6 is 0 Å². The Kier molecular flexibility index (Phi) is 2.11. The van der Waals surface area contributed by atoms with Gasteiger partial charge in [-0.05, 0) is 26.8 Å². The minimum Gasteiger partial charge on any atom is -0.382 e. The van der Waals surface area contributed by atoms with E-state index in [2.05, 4.69) is 22.3 Å². The number of hydrogen-bond donors (Lipinski definition) is 1. The second-order valence-electron chi connectivity index (χ2n) is 3.36. The first-order chi connectivity index (χ1) is 6.72. The summed E-state index contributed by atoms with van der Waals surface area (Å²) in [7, 11) is 0. The summed E-state index contributed by atoms with van der Waals surface area (Å²) < 4.78 is 1.87. The Morgan fingerprint density at radius 1 is 1.43 bits per heavy atom. The zero-order valence-electron chi connectivity index (χ0n) is 8.70. The van der Waals surface area contributed by atoms with E-state index in [4.69, 9.17) is 0 Å². The van der Waals surface area contributed by atoms with Gasteiger partial charge in [0.1, 0.15) is 0 Å². The average molecular weight is 190 g/mol. The number of hydrogen-bond acceptors (Lipinski definition) is 3. The van der Waals surface area contributed by atoms with Gasteiger partial charge in [0, 0.05) is 6.54 Å². The molecule has 4 nitrogen and oxygen atoms in total. The molecule has 74 valence electrons. The molecule has 0 unspecified atom stereocenters. The van der Waals surface area contributed by atoms with Crippen molar-refractivity contribution in [3.8, 4) is 0 Å². The third kappa shape index (κ3) is 1.32. The van der Waals surface area contributed by atoms with Gasteiger partial charge in [-0.25, -0.2) is 9.50 Å². The number of aryl methyl sites for hydroxylation is 2. The number of anilines is 1. The number of fused-ring (bicyclic) bond motifs is 1. The molecule has 0 saturated heterocycles. The summed E-state index contributed by atoms with van der Waals surface area (Å²) in [6, 6.07) is 2.02. The predicted molar refractivity (Wildman–Crippen MR) is 56.6 cm³/mol. The highest BCUT2D eigenvalue weighted by Crippen LogP contribution is 2.16. The van der Waals surface area contributed by atoms with Crippen LogP contribution in [0.1, 0.15) is 18.3 Å². The van der Waals surface area contributed by atoms with E-state index in [1.165, 1.54) is 0 Å². The topological polar surface area (TPSA) is 42.2 Å². The van der Waals surface area contributed by atoms with E-state index >= 15 is 0 Å². The van der Waals surface area contributed by atoms with E-state index < -0.39 is 0 Å². The van der Waals surface area contributed by atoms with Crippen LogP contribution in [0.5, 0.6) is 0 Å². The predicted octanol–water partition coefficient (Wildman–Crippen LogP) is 1.78. The monoisotopic (exact) mass is 190 g/mol. The molecular weight excluding hydrogens is 176 g/mol. The normalized spacial score (nSPS) is 10.8. The summed E-state index contributed by atoms with van der Waals surface area (Å²) in [4.78, 5) is 4.32. The van der Waals surface area contributed by atoms with E-state index in [1.807, 2.05) is 30.6 Å². The molecule has 14 heavy (non-hydrogen) atoms. The third-order valence-electron chi connectivity index (χ3n) is 2.13. The minimum atomic E-state index is 0.894. The van der Waals surface area contributed by atoms with Gasteiger partial charge >= 0.3 is 0 Å². The summed E-state index contributed by atoms with van der Waals surface area (Å²) in [5.74, 6) is 0. The molecule has 0 bridgehead atoms. The molecule has 2 rings (SSSR count). The van der Waals surface area contributed by atoms with Gasteiger partial charge in [0.25, 0.3) is 0 Å². The van der Waals surface area contributed by atoms with Crippen molar-refractivity contribution in [2.24, 2.45) is 0 Å². The maximum atomic E-state index is 4.39. The highest BCUT2D eigenvalue weighted by molar-refractivity contribution is 5.67. The van der Waals surface area contributed by atoms with Crippen LogP contribution in [0, 0.1) is 13.8 Å². The Labute approximate surface area is 83.0 Å². The number of rotatable bonds is 2. The fourth-order valence-corrected chi connectivity index (χ4v) is 1.52. The van der Waals surface area contributed by atoms with Crippen molar-refractivity contribution in [2.45, 2.75) is 20.8 Å². The molecule has 0 spiro atoms. The Morgan fingerprint density at radius 2 is 2.21 bits per heavy atom. The quantitative estimate of drug-likeness (QED) is 0.784. The Morgan fingerprint density at radius 3 is 2.93 bits per heavy atom. The number of imidazole rings is 1. The van der Waals surface area contributed by atoms with Gasteiger partial charge < -0.3 is 5.32 Å². The summed E-state index contributed by atoms with van der Waals surface area (Å²) in [5, 5.41) is 7.67. The molecule has 0 radical (unpaired) electrons. The lowest BCUT2D eigenvalue weighted by molar-refractivity contribution is 0.870. The van der Waals surface area contributed by atoms with E-state index in [1.54, 1.807) is 0 Å². The van der Waals surface area contributed by atoms with Crippen molar-refractivity contribution in [1.29, 1.82) is 0 Å². The average Bonchev–Trinajstić information content (AvgIpc) is 2.49. The van der Waals surface area contributed by atoms with Crippen molar-refractivity contribution < 1.29 is 0 Å². The molecule has 2 heterocycles. The molecule has 0 saturated carbocycles. The van der Waals surface area contributed by atoms with Crippen LogP contribution < -0.4 is 5.32 Å². The van der Waals surface area contributed by atoms with Crippen molar-refractivity contribution in [3.63, 3.8) is 0 Å². The minimum absolute atomic E-state index is 0.894. The molecule has 0 aromatic carbocycles. The molecule has 0 atom stereocenters. The molecule has 0 fully saturated rings. The molecule has 4 heteroatoms. The lowest BCUT2D eigenvalue weighted by Gasteiger charge is -2.06. The van der Waals surface area contributed by atoms with E-state index in [0.29, 0.717) is 0 Å². The van der Waals surface area contributed by atoms with E-state index in [9.17, 15) is 0 Å². The summed E-state index contributed by atoms with van der Waals surface area (Å²) in [6.07, 6.45) is 1.84. The van der Waals surface area contributed by atoms with Crippen LogP contribution in [0.2, 0.25) is 0 Å². The molecule has 0 aliphatic rings. The number of nitrogens with zero attached hydrogens (tertiary/aromatic N) is 3. The first-order valence-electron chi connectivity index (χ1n) is 4.78. The van der Waals surface area contributed by atoms with Gasteiger partial charge in [-0.2, -0.15) is 5.10 Å². The van der Waals surface area contributed by atoms with Crippen LogP contribution in [-0.2, 0) is 0 Å². The maximum Gasteiger partial charge on any atom is 0.177 e. The highest BCUT2D eigenvalue weighted by Gasteiger charge is 2.06. The zero-order valence-corrected chi connectivity index (χ0v) is 8.70. The largest absolute Gasteiger partial charge is 0.382 e. The molecule has 2 aromatic heterocycles.